The van der Waals surface area contributed by atoms with Gasteiger partial charge in [-0.2, -0.15) is 0 Å². The number of nitrogens with one attached hydrogen (secondary N) is 1. The minimum atomic E-state index is 0.0823. The van der Waals surface area contributed by atoms with Crippen LogP contribution in [-0.4, -0.2) is 36.5 Å². The van der Waals surface area contributed by atoms with Gasteiger partial charge in [-0.05, 0) is 20.0 Å². The summed E-state index contributed by atoms with van der Waals surface area (Å²) in [6.07, 6.45) is 0. The molecule has 0 spiro atoms. The first kappa shape index (κ1) is 13.4. The summed E-state index contributed by atoms with van der Waals surface area (Å²) in [4.78, 5) is 13.7. The molecule has 0 aliphatic rings. The zero-order valence-corrected chi connectivity index (χ0v) is 10.1. The maximum absolute atomic E-state index is 11.3. The molecule has 0 aromatic heterocycles. The lowest BCUT2D eigenvalue weighted by Crippen LogP contribution is -2.42. The normalized spacial score (nSPS) is 13.4. The van der Waals surface area contributed by atoms with Gasteiger partial charge in [-0.3, -0.25) is 9.69 Å². The van der Waals surface area contributed by atoms with Crippen molar-refractivity contribution in [1.29, 1.82) is 0 Å². The summed E-state index contributed by atoms with van der Waals surface area (Å²) < 4.78 is 0. The summed E-state index contributed by atoms with van der Waals surface area (Å²) in [7, 11) is 0. The van der Waals surface area contributed by atoms with Gasteiger partial charge in [0.2, 0.25) is 5.91 Å². The number of hydrogen-bond acceptors (Lipinski definition) is 2. The predicted octanol–water partition coefficient (Wildman–Crippen LogP) is 1.49. The highest BCUT2D eigenvalue weighted by Crippen LogP contribution is 1.97. The third-order valence-electron chi connectivity index (χ3n) is 2.53. The van der Waals surface area contributed by atoms with E-state index in [2.05, 4.69) is 31.0 Å². The molecule has 3 heteroatoms. The van der Waals surface area contributed by atoms with Gasteiger partial charge in [0.1, 0.15) is 0 Å². The van der Waals surface area contributed by atoms with E-state index < -0.39 is 0 Å². The van der Waals surface area contributed by atoms with Crippen molar-refractivity contribution >= 4 is 5.91 Å². The lowest BCUT2D eigenvalue weighted by atomic mass is 10.2. The lowest BCUT2D eigenvalue weighted by molar-refractivity contribution is -0.124. The van der Waals surface area contributed by atoms with E-state index in [1.807, 2.05) is 13.8 Å². The van der Waals surface area contributed by atoms with Gasteiger partial charge in [0.15, 0.2) is 0 Å². The van der Waals surface area contributed by atoms with E-state index in [-0.39, 0.29) is 11.8 Å². The van der Waals surface area contributed by atoms with E-state index >= 15 is 0 Å². The molecule has 0 aromatic carbocycles. The Labute approximate surface area is 87.9 Å². The van der Waals surface area contributed by atoms with Crippen LogP contribution < -0.4 is 5.32 Å². The first-order valence-corrected chi connectivity index (χ1v) is 5.54. The van der Waals surface area contributed by atoms with Crippen molar-refractivity contribution in [2.45, 2.75) is 40.7 Å². The first-order valence-electron chi connectivity index (χ1n) is 5.54. The van der Waals surface area contributed by atoms with E-state index in [0.717, 1.165) is 19.6 Å². The van der Waals surface area contributed by atoms with Gasteiger partial charge in [0.25, 0.3) is 0 Å². The molecule has 1 amide bonds. The Balaban J connectivity index is 3.83. The van der Waals surface area contributed by atoms with Crippen LogP contribution in [-0.2, 0) is 4.79 Å². The number of nitrogens with zero attached hydrogens (tertiary/aromatic N) is 1. The molecule has 1 N–H and O–H groups in total. The zero-order chi connectivity index (χ0) is 11.1. The maximum atomic E-state index is 11.3. The van der Waals surface area contributed by atoms with Crippen LogP contribution in [0.15, 0.2) is 0 Å². The summed E-state index contributed by atoms with van der Waals surface area (Å²) in [5.41, 5.74) is 0. The average molecular weight is 200 g/mol. The van der Waals surface area contributed by atoms with E-state index in [1.165, 1.54) is 0 Å². The SMILES string of the molecule is CCN(CC)C(C)CNC(=O)C(C)C. The Hall–Kier alpha value is -0.570. The van der Waals surface area contributed by atoms with Gasteiger partial charge in [-0.1, -0.05) is 27.7 Å². The second kappa shape index (κ2) is 6.82. The van der Waals surface area contributed by atoms with Crippen molar-refractivity contribution in [3.8, 4) is 0 Å². The molecule has 14 heavy (non-hydrogen) atoms. The van der Waals surface area contributed by atoms with Gasteiger partial charge in [0.05, 0.1) is 0 Å². The molecule has 0 saturated carbocycles. The molecule has 0 aliphatic heterocycles. The van der Waals surface area contributed by atoms with Crippen molar-refractivity contribution in [2.24, 2.45) is 5.92 Å². The van der Waals surface area contributed by atoms with Crippen LogP contribution in [0, 0.1) is 5.92 Å². The number of carbonyl (C=O) groups excluding carboxylic acids is 1. The molecule has 1 unspecified atom stereocenters. The number of rotatable bonds is 6. The molecular formula is C11H24N2O. The highest BCUT2D eigenvalue weighted by molar-refractivity contribution is 5.77. The van der Waals surface area contributed by atoms with E-state index in [4.69, 9.17) is 0 Å². The van der Waals surface area contributed by atoms with Crippen LogP contribution in [0.5, 0.6) is 0 Å². The van der Waals surface area contributed by atoms with Gasteiger partial charge in [-0.25, -0.2) is 0 Å². The molecule has 84 valence electrons. The Bertz CT molecular complexity index is 165. The standard InChI is InChI=1S/C11H24N2O/c1-6-13(7-2)10(5)8-12-11(14)9(3)4/h9-10H,6-8H2,1-5H3,(H,12,14). The fourth-order valence-corrected chi connectivity index (χ4v) is 1.43. The zero-order valence-electron chi connectivity index (χ0n) is 10.1. The monoisotopic (exact) mass is 200 g/mol. The summed E-state index contributed by atoms with van der Waals surface area (Å²) in [6, 6.07) is 0.424. The molecule has 0 rings (SSSR count). The minimum Gasteiger partial charge on any atom is -0.354 e. The summed E-state index contributed by atoms with van der Waals surface area (Å²) in [6.45, 7) is 13.1. The van der Waals surface area contributed by atoms with Gasteiger partial charge in [-0.15, -0.1) is 0 Å². The van der Waals surface area contributed by atoms with Crippen molar-refractivity contribution in [3.05, 3.63) is 0 Å². The van der Waals surface area contributed by atoms with Gasteiger partial charge >= 0.3 is 0 Å². The summed E-state index contributed by atoms with van der Waals surface area (Å²) >= 11 is 0. The lowest BCUT2D eigenvalue weighted by Gasteiger charge is -2.26. The Morgan fingerprint density at radius 1 is 1.21 bits per heavy atom. The van der Waals surface area contributed by atoms with Crippen LogP contribution in [0.3, 0.4) is 0 Å². The second-order valence-corrected chi connectivity index (χ2v) is 3.97. The smallest absolute Gasteiger partial charge is 0.222 e. The largest absolute Gasteiger partial charge is 0.354 e. The second-order valence-electron chi connectivity index (χ2n) is 3.97. The molecule has 0 fully saturated rings. The van der Waals surface area contributed by atoms with Gasteiger partial charge in [0, 0.05) is 18.5 Å². The molecule has 1 atom stereocenters. The van der Waals surface area contributed by atoms with Crippen molar-refractivity contribution < 1.29 is 4.79 Å². The van der Waals surface area contributed by atoms with Crippen LogP contribution in [0.4, 0.5) is 0 Å². The maximum Gasteiger partial charge on any atom is 0.222 e. The molecule has 0 heterocycles. The number of likely N-dealkylation sites (N-methyl/N-ethyl adjacent to an activating group) is 1. The van der Waals surface area contributed by atoms with Crippen molar-refractivity contribution in [2.75, 3.05) is 19.6 Å². The molecule has 3 nitrogen and oxygen atoms in total. The number of carbonyl (C=O) groups is 1. The molecule has 0 aliphatic carbocycles. The van der Waals surface area contributed by atoms with Crippen molar-refractivity contribution in [1.82, 2.24) is 10.2 Å². The first-order chi connectivity index (χ1) is 6.52. The molecule has 0 radical (unpaired) electrons. The third-order valence-corrected chi connectivity index (χ3v) is 2.53. The van der Waals surface area contributed by atoms with Gasteiger partial charge < -0.3 is 5.32 Å². The minimum absolute atomic E-state index is 0.0823. The Morgan fingerprint density at radius 3 is 2.07 bits per heavy atom. The molecular weight excluding hydrogens is 176 g/mol. The fourth-order valence-electron chi connectivity index (χ4n) is 1.43. The Kier molecular flexibility index (Phi) is 6.54. The van der Waals surface area contributed by atoms with Crippen LogP contribution in [0.1, 0.15) is 34.6 Å². The highest BCUT2D eigenvalue weighted by atomic mass is 16.1. The van der Waals surface area contributed by atoms with Crippen molar-refractivity contribution in [3.63, 3.8) is 0 Å². The fraction of sp³-hybridized carbons (Fsp3) is 0.909. The Morgan fingerprint density at radius 2 is 1.71 bits per heavy atom. The topological polar surface area (TPSA) is 32.3 Å². The number of amides is 1. The predicted molar refractivity (Wildman–Crippen MR) is 60.2 cm³/mol. The van der Waals surface area contributed by atoms with E-state index in [1.54, 1.807) is 0 Å². The molecule has 0 saturated heterocycles. The molecule has 0 aromatic rings. The summed E-state index contributed by atoms with van der Waals surface area (Å²) in [5.74, 6) is 0.225. The van der Waals surface area contributed by atoms with E-state index in [0.29, 0.717) is 6.04 Å². The van der Waals surface area contributed by atoms with Crippen LogP contribution in [0.2, 0.25) is 0 Å². The van der Waals surface area contributed by atoms with Crippen LogP contribution in [0.25, 0.3) is 0 Å². The highest BCUT2D eigenvalue weighted by Gasteiger charge is 2.12. The van der Waals surface area contributed by atoms with E-state index in [9.17, 15) is 4.79 Å². The molecule has 0 bridgehead atoms. The average Bonchev–Trinajstić information content (AvgIpc) is 2.15. The number of hydrogen-bond donors (Lipinski definition) is 1. The quantitative estimate of drug-likeness (QED) is 0.704. The van der Waals surface area contributed by atoms with Crippen LogP contribution >= 0.6 is 0 Å². The summed E-state index contributed by atoms with van der Waals surface area (Å²) in [5, 5.41) is 2.95. The third kappa shape index (κ3) is 4.61.